The summed E-state index contributed by atoms with van der Waals surface area (Å²) in [5.41, 5.74) is 4.55. The van der Waals surface area contributed by atoms with E-state index in [0.29, 0.717) is 13.1 Å². The van der Waals surface area contributed by atoms with E-state index in [1.54, 1.807) is 6.92 Å². The lowest BCUT2D eigenvalue weighted by atomic mass is 9.79. The lowest BCUT2D eigenvalue weighted by molar-refractivity contribution is -0.132. The van der Waals surface area contributed by atoms with Gasteiger partial charge in [-0.3, -0.25) is 4.79 Å². The van der Waals surface area contributed by atoms with Gasteiger partial charge in [-0.2, -0.15) is 0 Å². The Balaban J connectivity index is 2.59. The minimum absolute atomic E-state index is 0.0148. The minimum Gasteiger partial charge on any atom is -0.387 e. The number of nitrogens with two attached hydrogens (primary N) is 1. The maximum absolute atomic E-state index is 12.5. The van der Waals surface area contributed by atoms with Gasteiger partial charge in [0, 0.05) is 19.6 Å². The summed E-state index contributed by atoms with van der Waals surface area (Å²) in [6.45, 7) is 2.93. The van der Waals surface area contributed by atoms with Crippen molar-refractivity contribution >= 4 is 5.91 Å². The van der Waals surface area contributed by atoms with Crippen LogP contribution in [0.15, 0.2) is 0 Å². The molecule has 0 aromatic heterocycles. The number of hydrogen-bond donors (Lipinski definition) is 3. The molecule has 1 aliphatic rings. The number of likely N-dealkylation sites (N-methyl/N-ethyl adjacent to an activating group) is 1. The lowest BCUT2D eigenvalue weighted by Gasteiger charge is -2.33. The molecule has 1 rings (SSSR count). The number of aliphatic hydroxyl groups is 1. The molecule has 0 spiro atoms. The highest BCUT2D eigenvalue weighted by Crippen LogP contribution is 2.34. The lowest BCUT2D eigenvalue weighted by Crippen LogP contribution is -2.52. The monoisotopic (exact) mass is 285 g/mol. The minimum atomic E-state index is -0.917. The van der Waals surface area contributed by atoms with Crippen molar-refractivity contribution in [1.82, 2.24) is 10.2 Å². The van der Waals surface area contributed by atoms with Gasteiger partial charge in [0.15, 0.2) is 0 Å². The second kappa shape index (κ2) is 7.38. The molecule has 4 N–H and O–H groups in total. The summed E-state index contributed by atoms with van der Waals surface area (Å²) in [6, 6.07) is 0. The largest absolute Gasteiger partial charge is 0.387 e. The van der Waals surface area contributed by atoms with Gasteiger partial charge < -0.3 is 21.1 Å². The van der Waals surface area contributed by atoms with Crippen molar-refractivity contribution in [2.24, 2.45) is 11.1 Å². The van der Waals surface area contributed by atoms with Crippen molar-refractivity contribution in [1.29, 1.82) is 0 Å². The third kappa shape index (κ3) is 5.04. The van der Waals surface area contributed by atoms with E-state index in [1.807, 2.05) is 19.0 Å². The average Bonchev–Trinajstić information content (AvgIpc) is 2.60. The van der Waals surface area contributed by atoms with Crippen LogP contribution in [0.1, 0.15) is 45.4 Å². The van der Waals surface area contributed by atoms with Crippen molar-refractivity contribution in [3.05, 3.63) is 0 Å². The average molecular weight is 285 g/mol. The molecule has 20 heavy (non-hydrogen) atoms. The standard InChI is InChI=1S/C15H31N3O2/c1-14(20,12-18(2)3)11-17-13(19)15(10-16)8-6-4-5-7-9-15/h20H,4-12,16H2,1-3H3,(H,17,19). The van der Waals surface area contributed by atoms with Crippen molar-refractivity contribution in [3.8, 4) is 0 Å². The molecule has 0 aromatic carbocycles. The molecule has 0 aromatic rings. The number of carbonyl (C=O) groups excluding carboxylic acids is 1. The molecule has 118 valence electrons. The topological polar surface area (TPSA) is 78.6 Å². The molecular weight excluding hydrogens is 254 g/mol. The molecule has 5 nitrogen and oxygen atoms in total. The van der Waals surface area contributed by atoms with E-state index in [0.717, 1.165) is 25.7 Å². The van der Waals surface area contributed by atoms with Gasteiger partial charge in [-0.05, 0) is 33.9 Å². The molecule has 5 heteroatoms. The Morgan fingerprint density at radius 2 is 1.85 bits per heavy atom. The molecule has 1 fully saturated rings. The van der Waals surface area contributed by atoms with Crippen LogP contribution in [0, 0.1) is 5.41 Å². The zero-order valence-corrected chi connectivity index (χ0v) is 13.2. The summed E-state index contributed by atoms with van der Waals surface area (Å²) in [5, 5.41) is 13.2. The normalized spacial score (nSPS) is 22.1. The first kappa shape index (κ1) is 17.4. The van der Waals surface area contributed by atoms with Gasteiger partial charge in [0.25, 0.3) is 0 Å². The molecule has 1 aliphatic carbocycles. The Kier molecular flexibility index (Phi) is 6.43. The fraction of sp³-hybridized carbons (Fsp3) is 0.933. The van der Waals surface area contributed by atoms with E-state index >= 15 is 0 Å². The van der Waals surface area contributed by atoms with Crippen LogP contribution in [-0.2, 0) is 4.79 Å². The van der Waals surface area contributed by atoms with E-state index in [4.69, 9.17) is 5.73 Å². The van der Waals surface area contributed by atoms with Crippen molar-refractivity contribution in [3.63, 3.8) is 0 Å². The van der Waals surface area contributed by atoms with Gasteiger partial charge in [0.2, 0.25) is 5.91 Å². The van der Waals surface area contributed by atoms with Gasteiger partial charge in [0.1, 0.15) is 0 Å². The number of nitrogens with zero attached hydrogens (tertiary/aromatic N) is 1. The second-order valence-corrected chi connectivity index (χ2v) is 6.82. The molecule has 0 aliphatic heterocycles. The van der Waals surface area contributed by atoms with E-state index in [9.17, 15) is 9.90 Å². The third-order valence-electron chi connectivity index (χ3n) is 4.22. The SMILES string of the molecule is CN(C)CC(C)(O)CNC(=O)C1(CN)CCCCCC1. The van der Waals surface area contributed by atoms with Crippen molar-refractivity contribution < 1.29 is 9.90 Å². The van der Waals surface area contributed by atoms with Crippen molar-refractivity contribution in [2.45, 2.75) is 51.0 Å². The van der Waals surface area contributed by atoms with Gasteiger partial charge in [-0.15, -0.1) is 0 Å². The van der Waals surface area contributed by atoms with Crippen LogP contribution in [0.2, 0.25) is 0 Å². The summed E-state index contributed by atoms with van der Waals surface area (Å²) in [4.78, 5) is 14.4. The van der Waals surface area contributed by atoms with Crippen LogP contribution in [0.5, 0.6) is 0 Å². The van der Waals surface area contributed by atoms with E-state index < -0.39 is 11.0 Å². The summed E-state index contributed by atoms with van der Waals surface area (Å²) < 4.78 is 0. The van der Waals surface area contributed by atoms with Crippen LogP contribution in [0.4, 0.5) is 0 Å². The summed E-state index contributed by atoms with van der Waals surface area (Å²) in [5.74, 6) is 0.0148. The van der Waals surface area contributed by atoms with Gasteiger partial charge in [-0.1, -0.05) is 25.7 Å². The molecular formula is C15H31N3O2. The molecule has 0 saturated heterocycles. The first-order valence-corrected chi connectivity index (χ1v) is 7.67. The highest BCUT2D eigenvalue weighted by atomic mass is 16.3. The second-order valence-electron chi connectivity index (χ2n) is 6.82. The quantitative estimate of drug-likeness (QED) is 0.628. The van der Waals surface area contributed by atoms with Crippen LogP contribution in [0.25, 0.3) is 0 Å². The molecule has 1 amide bonds. The Morgan fingerprint density at radius 1 is 1.30 bits per heavy atom. The first-order chi connectivity index (χ1) is 9.31. The van der Waals surface area contributed by atoms with Crippen LogP contribution >= 0.6 is 0 Å². The van der Waals surface area contributed by atoms with E-state index in [-0.39, 0.29) is 12.5 Å². The van der Waals surface area contributed by atoms with Crippen molar-refractivity contribution in [2.75, 3.05) is 33.7 Å². The van der Waals surface area contributed by atoms with Crippen LogP contribution < -0.4 is 11.1 Å². The fourth-order valence-electron chi connectivity index (χ4n) is 3.12. The number of carbonyl (C=O) groups is 1. The predicted molar refractivity (Wildman–Crippen MR) is 81.4 cm³/mol. The summed E-state index contributed by atoms with van der Waals surface area (Å²) >= 11 is 0. The molecule has 0 heterocycles. The number of nitrogens with one attached hydrogen (secondary N) is 1. The van der Waals surface area contributed by atoms with E-state index in [2.05, 4.69) is 5.32 Å². The number of rotatable bonds is 6. The first-order valence-electron chi connectivity index (χ1n) is 7.67. The highest BCUT2D eigenvalue weighted by molar-refractivity contribution is 5.83. The smallest absolute Gasteiger partial charge is 0.227 e. The third-order valence-corrected chi connectivity index (χ3v) is 4.22. The van der Waals surface area contributed by atoms with E-state index in [1.165, 1.54) is 12.8 Å². The van der Waals surface area contributed by atoms with Gasteiger partial charge >= 0.3 is 0 Å². The Morgan fingerprint density at radius 3 is 2.30 bits per heavy atom. The maximum atomic E-state index is 12.5. The molecule has 1 saturated carbocycles. The van der Waals surface area contributed by atoms with Gasteiger partial charge in [-0.25, -0.2) is 0 Å². The Bertz CT molecular complexity index is 308. The van der Waals surface area contributed by atoms with Gasteiger partial charge in [0.05, 0.1) is 11.0 Å². The molecule has 1 unspecified atom stereocenters. The Labute approximate surface area is 122 Å². The zero-order chi connectivity index (χ0) is 15.2. The molecule has 0 bridgehead atoms. The number of amides is 1. The Hall–Kier alpha value is -0.650. The van der Waals surface area contributed by atoms with Crippen LogP contribution in [0.3, 0.4) is 0 Å². The molecule has 0 radical (unpaired) electrons. The fourth-order valence-corrected chi connectivity index (χ4v) is 3.12. The maximum Gasteiger partial charge on any atom is 0.227 e. The summed E-state index contributed by atoms with van der Waals surface area (Å²) in [6.07, 6.45) is 6.24. The number of hydrogen-bond acceptors (Lipinski definition) is 4. The summed E-state index contributed by atoms with van der Waals surface area (Å²) in [7, 11) is 3.81. The predicted octanol–water partition coefficient (Wildman–Crippen LogP) is 0.715. The zero-order valence-electron chi connectivity index (χ0n) is 13.2. The molecule has 1 atom stereocenters. The highest BCUT2D eigenvalue weighted by Gasteiger charge is 2.37. The van der Waals surface area contributed by atoms with Crippen LogP contribution in [-0.4, -0.2) is 55.2 Å².